The van der Waals surface area contributed by atoms with Crippen LogP contribution in [0.4, 0.5) is 11.4 Å². The van der Waals surface area contributed by atoms with Gasteiger partial charge in [0, 0.05) is 25.1 Å². The minimum Gasteiger partial charge on any atom is -0.494 e. The van der Waals surface area contributed by atoms with E-state index in [4.69, 9.17) is 10.5 Å². The number of anilines is 2. The number of rotatable bonds is 8. The van der Waals surface area contributed by atoms with Gasteiger partial charge in [-0.15, -0.1) is 0 Å². The van der Waals surface area contributed by atoms with Gasteiger partial charge in [-0.25, -0.2) is 0 Å². The first-order chi connectivity index (χ1) is 14.1. The van der Waals surface area contributed by atoms with E-state index in [0.29, 0.717) is 30.7 Å². The monoisotopic (exact) mass is 395 g/mol. The average Bonchev–Trinajstić information content (AvgIpc) is 2.74. The molecular weight excluding hydrogens is 366 g/mol. The molecule has 2 aromatic rings. The molecule has 1 aliphatic heterocycles. The molecule has 154 valence electrons. The third kappa shape index (κ3) is 5.50. The third-order valence-corrected chi connectivity index (χ3v) is 5.15. The predicted molar refractivity (Wildman–Crippen MR) is 116 cm³/mol. The van der Waals surface area contributed by atoms with Crippen LogP contribution in [0.5, 0.6) is 5.75 Å². The van der Waals surface area contributed by atoms with Crippen molar-refractivity contribution >= 4 is 23.2 Å². The van der Waals surface area contributed by atoms with E-state index in [1.807, 2.05) is 37.3 Å². The molecule has 1 heterocycles. The molecule has 1 aliphatic rings. The number of nitrogens with two attached hydrogens (primary N) is 1. The molecule has 2 aromatic carbocycles. The van der Waals surface area contributed by atoms with E-state index in [2.05, 4.69) is 10.2 Å². The van der Waals surface area contributed by atoms with Gasteiger partial charge >= 0.3 is 0 Å². The van der Waals surface area contributed by atoms with Gasteiger partial charge in [-0.3, -0.25) is 9.59 Å². The smallest absolute Gasteiger partial charge is 0.248 e. The topological polar surface area (TPSA) is 84.7 Å². The van der Waals surface area contributed by atoms with E-state index < -0.39 is 5.91 Å². The summed E-state index contributed by atoms with van der Waals surface area (Å²) in [6, 6.07) is 13.0. The maximum absolute atomic E-state index is 12.7. The Balaban J connectivity index is 1.73. The summed E-state index contributed by atoms with van der Waals surface area (Å²) in [5, 5.41) is 3.00. The number of aryl methyl sites for hydroxylation is 1. The minimum atomic E-state index is -0.503. The number of carbonyl (C=O) groups is 2. The van der Waals surface area contributed by atoms with Crippen LogP contribution in [0.3, 0.4) is 0 Å². The summed E-state index contributed by atoms with van der Waals surface area (Å²) in [6.45, 7) is 4.42. The fourth-order valence-corrected chi connectivity index (χ4v) is 3.67. The minimum absolute atomic E-state index is 0.101. The Morgan fingerprint density at radius 3 is 2.59 bits per heavy atom. The van der Waals surface area contributed by atoms with E-state index in [-0.39, 0.29) is 5.91 Å². The van der Waals surface area contributed by atoms with E-state index in [0.717, 1.165) is 42.9 Å². The second-order valence-electron chi connectivity index (χ2n) is 7.23. The van der Waals surface area contributed by atoms with E-state index in [9.17, 15) is 9.59 Å². The molecule has 0 aromatic heterocycles. The van der Waals surface area contributed by atoms with Crippen molar-refractivity contribution in [1.29, 1.82) is 0 Å². The largest absolute Gasteiger partial charge is 0.494 e. The van der Waals surface area contributed by atoms with Crippen LogP contribution >= 0.6 is 0 Å². The number of nitrogens with one attached hydrogen (secondary N) is 1. The Hall–Kier alpha value is -3.02. The second kappa shape index (κ2) is 9.96. The molecule has 0 spiro atoms. The van der Waals surface area contributed by atoms with Crippen LogP contribution in [-0.2, 0) is 11.2 Å². The highest BCUT2D eigenvalue weighted by Gasteiger charge is 2.18. The molecule has 0 unspecified atom stereocenters. The van der Waals surface area contributed by atoms with Crippen LogP contribution in [0.2, 0.25) is 0 Å². The van der Waals surface area contributed by atoms with Crippen LogP contribution in [0, 0.1) is 0 Å². The van der Waals surface area contributed by atoms with Crippen LogP contribution in [0.25, 0.3) is 0 Å². The van der Waals surface area contributed by atoms with Gasteiger partial charge in [0.2, 0.25) is 11.8 Å². The molecule has 6 nitrogen and oxygen atoms in total. The van der Waals surface area contributed by atoms with E-state index in [1.54, 1.807) is 12.1 Å². The Labute approximate surface area is 172 Å². The van der Waals surface area contributed by atoms with Crippen LogP contribution < -0.4 is 20.7 Å². The molecule has 2 amide bonds. The number of hydrogen-bond acceptors (Lipinski definition) is 4. The number of hydrogen-bond donors (Lipinski definition) is 2. The average molecular weight is 396 g/mol. The SMILES string of the molecule is CCOc1ccccc1CCC(=O)Nc1cc(C(N)=O)ccc1N1CCCCC1. The van der Waals surface area contributed by atoms with Gasteiger partial charge in [0.25, 0.3) is 0 Å². The second-order valence-corrected chi connectivity index (χ2v) is 7.23. The number of para-hydroxylation sites is 1. The molecule has 0 aliphatic carbocycles. The van der Waals surface area contributed by atoms with Crippen molar-refractivity contribution < 1.29 is 14.3 Å². The Kier molecular flexibility index (Phi) is 7.11. The first kappa shape index (κ1) is 20.7. The van der Waals surface area contributed by atoms with Gasteiger partial charge in [-0.2, -0.15) is 0 Å². The summed E-state index contributed by atoms with van der Waals surface area (Å²) in [5.74, 6) is 0.208. The van der Waals surface area contributed by atoms with Gasteiger partial charge in [0.15, 0.2) is 0 Å². The van der Waals surface area contributed by atoms with Crippen LogP contribution in [0.1, 0.15) is 48.5 Å². The van der Waals surface area contributed by atoms with Gasteiger partial charge in [0.1, 0.15) is 5.75 Å². The molecular formula is C23H29N3O3. The zero-order chi connectivity index (χ0) is 20.6. The number of piperidine rings is 1. The molecule has 3 N–H and O–H groups in total. The lowest BCUT2D eigenvalue weighted by atomic mass is 10.1. The van der Waals surface area contributed by atoms with E-state index >= 15 is 0 Å². The van der Waals surface area contributed by atoms with Crippen molar-refractivity contribution in [1.82, 2.24) is 0 Å². The Morgan fingerprint density at radius 2 is 1.86 bits per heavy atom. The number of nitrogens with zero attached hydrogens (tertiary/aromatic N) is 1. The molecule has 1 fully saturated rings. The highest BCUT2D eigenvalue weighted by molar-refractivity contribution is 5.99. The summed E-state index contributed by atoms with van der Waals surface area (Å²) in [7, 11) is 0. The lowest BCUT2D eigenvalue weighted by Crippen LogP contribution is -2.30. The highest BCUT2D eigenvalue weighted by atomic mass is 16.5. The van der Waals surface area contributed by atoms with Crippen molar-refractivity contribution in [3.8, 4) is 5.75 Å². The normalized spacial score (nSPS) is 13.8. The zero-order valence-electron chi connectivity index (χ0n) is 16.9. The van der Waals surface area contributed by atoms with Crippen molar-refractivity contribution in [3.63, 3.8) is 0 Å². The van der Waals surface area contributed by atoms with Gasteiger partial charge in [0.05, 0.1) is 18.0 Å². The van der Waals surface area contributed by atoms with E-state index in [1.165, 1.54) is 6.42 Å². The maximum Gasteiger partial charge on any atom is 0.248 e. The zero-order valence-corrected chi connectivity index (χ0v) is 16.9. The summed E-state index contributed by atoms with van der Waals surface area (Å²) in [4.78, 5) is 26.6. The van der Waals surface area contributed by atoms with Gasteiger partial charge in [-0.1, -0.05) is 18.2 Å². The quantitative estimate of drug-likeness (QED) is 0.713. The standard InChI is InChI=1S/C23H29N3O3/c1-2-29-21-9-5-4-8-17(21)11-13-22(27)25-19-16-18(23(24)28)10-12-20(19)26-14-6-3-7-15-26/h4-5,8-10,12,16H,2-3,6-7,11,13-15H2,1H3,(H2,24,28)(H,25,27). The molecule has 6 heteroatoms. The number of ether oxygens (including phenoxy) is 1. The number of amides is 2. The molecule has 3 rings (SSSR count). The molecule has 0 saturated carbocycles. The van der Waals surface area contributed by atoms with Crippen molar-refractivity contribution in [2.75, 3.05) is 29.9 Å². The van der Waals surface area contributed by atoms with Gasteiger partial charge in [-0.05, 0) is 62.4 Å². The lowest BCUT2D eigenvalue weighted by molar-refractivity contribution is -0.116. The first-order valence-electron chi connectivity index (χ1n) is 10.3. The fourth-order valence-electron chi connectivity index (χ4n) is 3.67. The Morgan fingerprint density at radius 1 is 1.10 bits per heavy atom. The number of benzene rings is 2. The third-order valence-electron chi connectivity index (χ3n) is 5.15. The summed E-state index contributed by atoms with van der Waals surface area (Å²) < 4.78 is 5.64. The summed E-state index contributed by atoms with van der Waals surface area (Å²) in [5.41, 5.74) is 8.43. The first-order valence-corrected chi connectivity index (χ1v) is 10.3. The van der Waals surface area contributed by atoms with Gasteiger partial charge < -0.3 is 20.7 Å². The predicted octanol–water partition coefficient (Wildman–Crippen LogP) is 3.75. The molecule has 1 saturated heterocycles. The summed E-state index contributed by atoms with van der Waals surface area (Å²) in [6.07, 6.45) is 4.37. The van der Waals surface area contributed by atoms with Crippen LogP contribution in [-0.4, -0.2) is 31.5 Å². The Bertz CT molecular complexity index is 860. The number of primary amides is 1. The lowest BCUT2D eigenvalue weighted by Gasteiger charge is -2.30. The maximum atomic E-state index is 12.7. The van der Waals surface area contributed by atoms with Crippen molar-refractivity contribution in [3.05, 3.63) is 53.6 Å². The van der Waals surface area contributed by atoms with Crippen molar-refractivity contribution in [2.45, 2.75) is 39.0 Å². The fraction of sp³-hybridized carbons (Fsp3) is 0.391. The molecule has 0 bridgehead atoms. The van der Waals surface area contributed by atoms with Crippen molar-refractivity contribution in [2.24, 2.45) is 5.73 Å². The molecule has 0 radical (unpaired) electrons. The molecule has 0 atom stereocenters. The summed E-state index contributed by atoms with van der Waals surface area (Å²) >= 11 is 0. The van der Waals surface area contributed by atoms with Crippen LogP contribution in [0.15, 0.2) is 42.5 Å². The number of carbonyl (C=O) groups excluding carboxylic acids is 2. The highest BCUT2D eigenvalue weighted by Crippen LogP contribution is 2.30. The molecule has 29 heavy (non-hydrogen) atoms.